The van der Waals surface area contributed by atoms with Crippen LogP contribution in [0.4, 0.5) is 0 Å². The Hall–Kier alpha value is -1.49. The van der Waals surface area contributed by atoms with Crippen molar-refractivity contribution < 1.29 is 19.4 Å². The number of benzene rings is 1. The van der Waals surface area contributed by atoms with Gasteiger partial charge in [0.2, 0.25) is 5.12 Å². The van der Waals surface area contributed by atoms with Crippen LogP contribution in [0.5, 0.6) is 5.75 Å². The second-order valence-electron chi connectivity index (χ2n) is 3.40. The van der Waals surface area contributed by atoms with Crippen LogP contribution in [0.25, 0.3) is 0 Å². The van der Waals surface area contributed by atoms with Crippen LogP contribution in [0.1, 0.15) is 13.3 Å². The van der Waals surface area contributed by atoms with Crippen molar-refractivity contribution in [1.82, 2.24) is 0 Å². The van der Waals surface area contributed by atoms with Gasteiger partial charge in [-0.1, -0.05) is 18.7 Å². The maximum absolute atomic E-state index is 11.7. The molecule has 4 nitrogen and oxygen atoms in total. The summed E-state index contributed by atoms with van der Waals surface area (Å²) in [5.74, 6) is -1.31. The Morgan fingerprint density at radius 2 is 1.94 bits per heavy atom. The zero-order chi connectivity index (χ0) is 12.8. The Labute approximate surface area is 104 Å². The molecular weight excluding hydrogens is 240 g/mol. The lowest BCUT2D eigenvalue weighted by molar-refractivity contribution is -0.144. The van der Waals surface area contributed by atoms with Crippen LogP contribution in [0.3, 0.4) is 0 Å². The molecule has 1 N–H and O–H groups in total. The summed E-state index contributed by atoms with van der Waals surface area (Å²) in [6, 6.07) is 6.93. The molecule has 0 spiro atoms. The first kappa shape index (κ1) is 13.6. The molecule has 0 radical (unpaired) electrons. The molecule has 0 saturated carbocycles. The Bertz CT molecular complexity index is 399. The molecule has 1 atom stereocenters. The van der Waals surface area contributed by atoms with E-state index in [1.54, 1.807) is 38.3 Å². The van der Waals surface area contributed by atoms with Gasteiger partial charge in [-0.15, -0.1) is 0 Å². The number of thioether (sulfide) groups is 1. The summed E-state index contributed by atoms with van der Waals surface area (Å²) in [5.41, 5.74) is 0. The maximum Gasteiger partial charge on any atom is 0.314 e. The average Bonchev–Trinajstić information content (AvgIpc) is 2.30. The van der Waals surface area contributed by atoms with Gasteiger partial charge in [-0.3, -0.25) is 9.59 Å². The summed E-state index contributed by atoms with van der Waals surface area (Å²) in [6.45, 7) is 1.69. The quantitative estimate of drug-likeness (QED) is 0.645. The molecule has 92 valence electrons. The van der Waals surface area contributed by atoms with E-state index in [0.29, 0.717) is 12.2 Å². The van der Waals surface area contributed by atoms with Crippen LogP contribution in [0.15, 0.2) is 29.2 Å². The van der Waals surface area contributed by atoms with E-state index in [9.17, 15) is 9.59 Å². The Kier molecular flexibility index (Phi) is 5.03. The van der Waals surface area contributed by atoms with E-state index in [1.807, 2.05) is 0 Å². The fourth-order valence-corrected chi connectivity index (χ4v) is 2.19. The fraction of sp³-hybridized carbons (Fsp3) is 0.333. The van der Waals surface area contributed by atoms with Crippen molar-refractivity contribution in [2.24, 2.45) is 5.92 Å². The van der Waals surface area contributed by atoms with Gasteiger partial charge in [0.1, 0.15) is 11.7 Å². The van der Waals surface area contributed by atoms with Crippen molar-refractivity contribution in [2.45, 2.75) is 18.2 Å². The number of aliphatic carboxylic acids is 1. The molecule has 0 aliphatic heterocycles. The number of hydrogen-bond acceptors (Lipinski definition) is 4. The first-order chi connectivity index (χ1) is 8.08. The zero-order valence-corrected chi connectivity index (χ0v) is 10.5. The Morgan fingerprint density at radius 3 is 2.35 bits per heavy atom. The summed E-state index contributed by atoms with van der Waals surface area (Å²) >= 11 is 0.948. The molecular formula is C12H14O4S. The van der Waals surface area contributed by atoms with Crippen molar-refractivity contribution in [3.63, 3.8) is 0 Å². The zero-order valence-electron chi connectivity index (χ0n) is 9.67. The standard InChI is InChI=1S/C12H14O4S/c1-3-10(11(13)14)12(15)17-9-6-4-8(16-2)5-7-9/h4-7,10H,3H2,1-2H3,(H,13,14). The maximum atomic E-state index is 11.7. The molecule has 0 bridgehead atoms. The van der Waals surface area contributed by atoms with Crippen LogP contribution >= 0.6 is 11.8 Å². The summed E-state index contributed by atoms with van der Waals surface area (Å²) in [4.78, 5) is 23.2. The summed E-state index contributed by atoms with van der Waals surface area (Å²) < 4.78 is 4.99. The third kappa shape index (κ3) is 3.78. The first-order valence-corrected chi connectivity index (χ1v) is 5.98. The molecule has 0 fully saturated rings. The van der Waals surface area contributed by atoms with Gasteiger partial charge >= 0.3 is 5.97 Å². The molecule has 1 rings (SSSR count). The van der Waals surface area contributed by atoms with Crippen molar-refractivity contribution in [1.29, 1.82) is 0 Å². The minimum Gasteiger partial charge on any atom is -0.497 e. The molecule has 0 aliphatic carbocycles. The summed E-state index contributed by atoms with van der Waals surface area (Å²) in [7, 11) is 1.56. The smallest absolute Gasteiger partial charge is 0.314 e. The van der Waals surface area contributed by atoms with Gasteiger partial charge < -0.3 is 9.84 Å². The highest BCUT2D eigenvalue weighted by molar-refractivity contribution is 8.13. The number of carbonyl (C=O) groups excluding carboxylic acids is 1. The third-order valence-corrected chi connectivity index (χ3v) is 3.26. The van der Waals surface area contributed by atoms with E-state index in [1.165, 1.54) is 0 Å². The van der Waals surface area contributed by atoms with Crippen LogP contribution in [0.2, 0.25) is 0 Å². The number of rotatable bonds is 5. The molecule has 0 saturated heterocycles. The highest BCUT2D eigenvalue weighted by Crippen LogP contribution is 2.25. The molecule has 0 aliphatic rings. The normalized spacial score (nSPS) is 11.9. The monoisotopic (exact) mass is 254 g/mol. The van der Waals surface area contributed by atoms with Gasteiger partial charge in [-0.2, -0.15) is 0 Å². The van der Waals surface area contributed by atoms with Gasteiger partial charge in [0, 0.05) is 4.90 Å². The summed E-state index contributed by atoms with van der Waals surface area (Å²) in [5, 5.41) is 8.51. The Balaban J connectivity index is 2.69. The fourth-order valence-electron chi connectivity index (χ4n) is 1.27. The van der Waals surface area contributed by atoms with Crippen molar-refractivity contribution in [2.75, 3.05) is 7.11 Å². The SMILES string of the molecule is CCC(C(=O)O)C(=O)Sc1ccc(OC)cc1. The van der Waals surface area contributed by atoms with E-state index in [4.69, 9.17) is 9.84 Å². The number of carboxylic acids is 1. The number of ether oxygens (including phenoxy) is 1. The summed E-state index contributed by atoms with van der Waals surface area (Å²) in [6.07, 6.45) is 0.303. The highest BCUT2D eigenvalue weighted by Gasteiger charge is 2.24. The van der Waals surface area contributed by atoms with Crippen LogP contribution in [0, 0.1) is 5.92 Å². The van der Waals surface area contributed by atoms with E-state index >= 15 is 0 Å². The van der Waals surface area contributed by atoms with E-state index in [2.05, 4.69) is 0 Å². The second kappa shape index (κ2) is 6.30. The van der Waals surface area contributed by atoms with E-state index in [-0.39, 0.29) is 5.12 Å². The van der Waals surface area contributed by atoms with Crippen LogP contribution < -0.4 is 4.74 Å². The van der Waals surface area contributed by atoms with Gasteiger partial charge in [0.15, 0.2) is 0 Å². The molecule has 1 unspecified atom stereocenters. The third-order valence-electron chi connectivity index (χ3n) is 2.27. The second-order valence-corrected chi connectivity index (χ2v) is 4.47. The van der Waals surface area contributed by atoms with Crippen LogP contribution in [-0.2, 0) is 9.59 Å². The topological polar surface area (TPSA) is 63.6 Å². The lowest BCUT2D eigenvalue weighted by atomic mass is 10.1. The molecule has 17 heavy (non-hydrogen) atoms. The van der Waals surface area contributed by atoms with Gasteiger partial charge in [-0.05, 0) is 30.7 Å². The van der Waals surface area contributed by atoms with Gasteiger partial charge in [-0.25, -0.2) is 0 Å². The minimum absolute atomic E-state index is 0.303. The van der Waals surface area contributed by atoms with Crippen molar-refractivity contribution in [3.8, 4) is 5.75 Å². The minimum atomic E-state index is -1.07. The average molecular weight is 254 g/mol. The molecule has 5 heteroatoms. The number of methoxy groups -OCH3 is 1. The van der Waals surface area contributed by atoms with Crippen molar-refractivity contribution in [3.05, 3.63) is 24.3 Å². The van der Waals surface area contributed by atoms with Gasteiger partial charge in [0.05, 0.1) is 7.11 Å². The lowest BCUT2D eigenvalue weighted by Crippen LogP contribution is -2.20. The van der Waals surface area contributed by atoms with E-state index < -0.39 is 11.9 Å². The largest absolute Gasteiger partial charge is 0.497 e. The first-order valence-electron chi connectivity index (χ1n) is 5.17. The highest BCUT2D eigenvalue weighted by atomic mass is 32.2. The lowest BCUT2D eigenvalue weighted by Gasteiger charge is -2.08. The van der Waals surface area contributed by atoms with E-state index in [0.717, 1.165) is 16.7 Å². The van der Waals surface area contributed by atoms with Crippen molar-refractivity contribution >= 4 is 22.8 Å². The van der Waals surface area contributed by atoms with Crippen LogP contribution in [-0.4, -0.2) is 23.3 Å². The number of carboxylic acid groups (broad SMARTS) is 1. The molecule has 0 aromatic heterocycles. The predicted molar refractivity (Wildman–Crippen MR) is 65.3 cm³/mol. The molecule has 0 amide bonds. The predicted octanol–water partition coefficient (Wildman–Crippen LogP) is 2.42. The molecule has 1 aromatic rings. The number of carbonyl (C=O) groups is 2. The molecule has 1 aromatic carbocycles. The van der Waals surface area contributed by atoms with Gasteiger partial charge in [0.25, 0.3) is 0 Å². The molecule has 0 heterocycles. The Morgan fingerprint density at radius 1 is 1.35 bits per heavy atom. The number of hydrogen-bond donors (Lipinski definition) is 1.